The lowest BCUT2D eigenvalue weighted by Crippen LogP contribution is -2.26. The summed E-state index contributed by atoms with van der Waals surface area (Å²) in [5.41, 5.74) is -0.490. The number of aliphatic carboxylic acids is 1. The van der Waals surface area contributed by atoms with Crippen molar-refractivity contribution in [2.24, 2.45) is 5.92 Å². The van der Waals surface area contributed by atoms with Crippen molar-refractivity contribution in [2.45, 2.75) is 19.1 Å². The van der Waals surface area contributed by atoms with E-state index in [0.717, 1.165) is 17.8 Å². The number of carboxylic acid groups (broad SMARTS) is 1. The summed E-state index contributed by atoms with van der Waals surface area (Å²) in [6.45, 7) is 3.39. The lowest BCUT2D eigenvalue weighted by molar-refractivity contribution is -0.137. The number of nitrogens with one attached hydrogen (secondary N) is 1. The van der Waals surface area contributed by atoms with Gasteiger partial charge in [-0.15, -0.1) is 11.8 Å². The Hall–Kier alpha value is -1.70. The fourth-order valence-corrected chi connectivity index (χ4v) is 2.45. The summed E-state index contributed by atoms with van der Waals surface area (Å²) in [5, 5.41) is 10.2. The van der Waals surface area contributed by atoms with Gasteiger partial charge in [0.15, 0.2) is 17.5 Å². The first kappa shape index (κ1) is 17.4. The summed E-state index contributed by atoms with van der Waals surface area (Å²) in [7, 11) is 0. The molecule has 1 aromatic rings. The lowest BCUT2D eigenvalue weighted by Gasteiger charge is -2.15. The van der Waals surface area contributed by atoms with Crippen LogP contribution in [0.1, 0.15) is 13.8 Å². The zero-order valence-corrected chi connectivity index (χ0v) is 12.1. The van der Waals surface area contributed by atoms with Crippen molar-refractivity contribution in [3.05, 3.63) is 29.6 Å². The van der Waals surface area contributed by atoms with E-state index >= 15 is 0 Å². The van der Waals surface area contributed by atoms with E-state index < -0.39 is 40.3 Å². The Morgan fingerprint density at radius 3 is 2.38 bits per heavy atom. The van der Waals surface area contributed by atoms with Crippen LogP contribution in [0.2, 0.25) is 0 Å². The van der Waals surface area contributed by atoms with Crippen LogP contribution in [0.3, 0.4) is 0 Å². The van der Waals surface area contributed by atoms with Crippen LogP contribution < -0.4 is 5.32 Å². The minimum atomic E-state index is -1.67. The Morgan fingerprint density at radius 1 is 1.24 bits per heavy atom. The van der Waals surface area contributed by atoms with Crippen molar-refractivity contribution < 1.29 is 27.9 Å². The average molecular weight is 321 g/mol. The number of hydrogen-bond acceptors (Lipinski definition) is 3. The molecule has 0 bridgehead atoms. The second-order valence-electron chi connectivity index (χ2n) is 4.58. The first-order valence-corrected chi connectivity index (χ1v) is 7.06. The molecule has 1 rings (SSSR count). The third-order valence-electron chi connectivity index (χ3n) is 2.55. The zero-order chi connectivity index (χ0) is 16.2. The van der Waals surface area contributed by atoms with Crippen LogP contribution in [-0.4, -0.2) is 28.0 Å². The lowest BCUT2D eigenvalue weighted by atomic mass is 10.1. The molecular weight excluding hydrogens is 307 g/mol. The second-order valence-corrected chi connectivity index (χ2v) is 5.71. The number of carboxylic acids is 1. The number of carbonyl (C=O) groups is 2. The van der Waals surface area contributed by atoms with Crippen LogP contribution in [-0.2, 0) is 9.59 Å². The minimum absolute atomic E-state index is 0.194. The van der Waals surface area contributed by atoms with E-state index in [1.807, 2.05) is 0 Å². The van der Waals surface area contributed by atoms with E-state index in [1.165, 1.54) is 0 Å². The molecule has 0 saturated carbocycles. The molecule has 1 amide bonds. The SMILES string of the molecule is CC(C)C(SCC(=O)Nc1ccc(F)c(F)c1F)C(=O)O. The molecule has 0 spiro atoms. The molecule has 0 aliphatic rings. The molecule has 8 heteroatoms. The molecule has 0 saturated heterocycles. The second kappa shape index (κ2) is 7.35. The third-order valence-corrected chi connectivity index (χ3v) is 4.09. The Balaban J connectivity index is 2.66. The monoisotopic (exact) mass is 321 g/mol. The molecule has 4 nitrogen and oxygen atoms in total. The Bertz CT molecular complexity index is 552. The molecule has 1 unspecified atom stereocenters. The van der Waals surface area contributed by atoms with Gasteiger partial charge in [-0.25, -0.2) is 13.2 Å². The number of benzene rings is 1. The van der Waals surface area contributed by atoms with E-state index in [9.17, 15) is 22.8 Å². The number of carbonyl (C=O) groups excluding carboxylic acids is 1. The quantitative estimate of drug-likeness (QED) is 0.791. The maximum absolute atomic E-state index is 13.3. The van der Waals surface area contributed by atoms with Crippen molar-refractivity contribution in [1.29, 1.82) is 0 Å². The van der Waals surface area contributed by atoms with Crippen LogP contribution in [0.25, 0.3) is 0 Å². The molecule has 0 aliphatic heterocycles. The van der Waals surface area contributed by atoms with Crippen molar-refractivity contribution in [2.75, 3.05) is 11.1 Å². The largest absolute Gasteiger partial charge is 0.480 e. The molecule has 0 fully saturated rings. The first-order valence-electron chi connectivity index (χ1n) is 6.01. The summed E-state index contributed by atoms with van der Waals surface area (Å²) in [4.78, 5) is 22.5. The van der Waals surface area contributed by atoms with Gasteiger partial charge >= 0.3 is 5.97 Å². The summed E-state index contributed by atoms with van der Waals surface area (Å²) in [6.07, 6.45) is 0. The Labute approximate surface area is 123 Å². The molecule has 116 valence electrons. The Morgan fingerprint density at radius 2 is 1.86 bits per heavy atom. The van der Waals surface area contributed by atoms with Crippen molar-refractivity contribution in [3.63, 3.8) is 0 Å². The number of hydrogen-bond donors (Lipinski definition) is 2. The zero-order valence-electron chi connectivity index (χ0n) is 11.3. The van der Waals surface area contributed by atoms with Crippen LogP contribution in [0.5, 0.6) is 0 Å². The van der Waals surface area contributed by atoms with Crippen LogP contribution >= 0.6 is 11.8 Å². The molecule has 0 radical (unpaired) electrons. The van der Waals surface area contributed by atoms with Crippen LogP contribution in [0.15, 0.2) is 12.1 Å². The number of amides is 1. The molecule has 1 aromatic carbocycles. The topological polar surface area (TPSA) is 66.4 Å². The molecular formula is C13H14F3NO3S. The van der Waals surface area contributed by atoms with E-state index in [2.05, 4.69) is 5.32 Å². The summed E-state index contributed by atoms with van der Waals surface area (Å²) in [6, 6.07) is 1.59. The van der Waals surface area contributed by atoms with Crippen LogP contribution in [0, 0.1) is 23.4 Å². The van der Waals surface area contributed by atoms with Gasteiger partial charge < -0.3 is 10.4 Å². The molecule has 1 atom stereocenters. The minimum Gasteiger partial charge on any atom is -0.480 e. The number of thioether (sulfide) groups is 1. The molecule has 0 aliphatic carbocycles. The van der Waals surface area contributed by atoms with E-state index in [1.54, 1.807) is 13.8 Å². The van der Waals surface area contributed by atoms with Crippen molar-refractivity contribution >= 4 is 29.3 Å². The highest BCUT2D eigenvalue weighted by molar-refractivity contribution is 8.01. The van der Waals surface area contributed by atoms with Gasteiger partial charge in [0.2, 0.25) is 5.91 Å². The normalized spacial score (nSPS) is 12.3. The fraction of sp³-hybridized carbons (Fsp3) is 0.385. The molecule has 0 aromatic heterocycles. The predicted octanol–water partition coefficient (Wildman–Crippen LogP) is 2.88. The fourth-order valence-electron chi connectivity index (χ4n) is 1.52. The third kappa shape index (κ3) is 4.66. The average Bonchev–Trinajstić information content (AvgIpc) is 2.39. The van der Waals surface area contributed by atoms with Gasteiger partial charge in [-0.3, -0.25) is 9.59 Å². The standard InChI is InChI=1S/C13H14F3NO3S/c1-6(2)12(13(19)20)21-5-9(18)17-8-4-3-7(14)10(15)11(8)16/h3-4,6,12H,5H2,1-2H3,(H,17,18)(H,19,20). The maximum Gasteiger partial charge on any atom is 0.316 e. The van der Waals surface area contributed by atoms with Gasteiger partial charge in [0.1, 0.15) is 5.25 Å². The van der Waals surface area contributed by atoms with Gasteiger partial charge in [-0.1, -0.05) is 13.8 Å². The highest BCUT2D eigenvalue weighted by Crippen LogP contribution is 2.22. The molecule has 0 heterocycles. The predicted molar refractivity (Wildman–Crippen MR) is 73.7 cm³/mol. The maximum atomic E-state index is 13.3. The molecule has 21 heavy (non-hydrogen) atoms. The highest BCUT2D eigenvalue weighted by Gasteiger charge is 2.23. The first-order chi connectivity index (χ1) is 9.73. The van der Waals surface area contributed by atoms with Gasteiger partial charge in [0.05, 0.1) is 11.4 Å². The van der Waals surface area contributed by atoms with Gasteiger partial charge in [-0.05, 0) is 18.1 Å². The van der Waals surface area contributed by atoms with E-state index in [0.29, 0.717) is 6.07 Å². The van der Waals surface area contributed by atoms with Gasteiger partial charge in [0.25, 0.3) is 0 Å². The van der Waals surface area contributed by atoms with Crippen molar-refractivity contribution in [3.8, 4) is 0 Å². The van der Waals surface area contributed by atoms with E-state index in [-0.39, 0.29) is 11.7 Å². The smallest absolute Gasteiger partial charge is 0.316 e. The number of rotatable bonds is 6. The number of anilines is 1. The number of halogens is 3. The Kier molecular flexibility index (Phi) is 6.07. The summed E-state index contributed by atoms with van der Waals surface area (Å²) < 4.78 is 39.1. The summed E-state index contributed by atoms with van der Waals surface area (Å²) in [5.74, 6) is -6.71. The highest BCUT2D eigenvalue weighted by atomic mass is 32.2. The van der Waals surface area contributed by atoms with E-state index in [4.69, 9.17) is 5.11 Å². The van der Waals surface area contributed by atoms with Gasteiger partial charge in [0, 0.05) is 0 Å². The van der Waals surface area contributed by atoms with Crippen LogP contribution in [0.4, 0.5) is 18.9 Å². The van der Waals surface area contributed by atoms with Gasteiger partial charge in [-0.2, -0.15) is 0 Å². The van der Waals surface area contributed by atoms with Crippen molar-refractivity contribution in [1.82, 2.24) is 0 Å². The molecule has 2 N–H and O–H groups in total. The summed E-state index contributed by atoms with van der Waals surface area (Å²) >= 11 is 0.876.